The van der Waals surface area contributed by atoms with Crippen molar-refractivity contribution < 1.29 is 19.1 Å². The van der Waals surface area contributed by atoms with Crippen LogP contribution in [-0.2, 0) is 19.1 Å². The van der Waals surface area contributed by atoms with Crippen molar-refractivity contribution in [3.05, 3.63) is 0 Å². The Morgan fingerprint density at radius 3 is 1.89 bits per heavy atom. The summed E-state index contributed by atoms with van der Waals surface area (Å²) in [7, 11) is 0. The second-order valence-corrected chi connectivity index (χ2v) is 4.75. The molecule has 0 fully saturated rings. The van der Waals surface area contributed by atoms with Crippen LogP contribution in [0.15, 0.2) is 0 Å². The lowest BCUT2D eigenvalue weighted by atomic mass is 10.2. The van der Waals surface area contributed by atoms with Gasteiger partial charge in [0.25, 0.3) is 0 Å². The van der Waals surface area contributed by atoms with Crippen molar-refractivity contribution in [3.63, 3.8) is 0 Å². The average Bonchev–Trinajstić information content (AvgIpc) is 2.29. The summed E-state index contributed by atoms with van der Waals surface area (Å²) in [6, 6.07) is 0. The predicted molar refractivity (Wildman–Crippen MR) is 77.1 cm³/mol. The van der Waals surface area contributed by atoms with E-state index in [4.69, 9.17) is 9.47 Å². The lowest BCUT2D eigenvalue weighted by Crippen LogP contribution is -2.25. The maximum absolute atomic E-state index is 11.3. The number of rotatable bonds is 10. The minimum Gasteiger partial charge on any atom is -0.425 e. The first-order valence-electron chi connectivity index (χ1n) is 6.24. The summed E-state index contributed by atoms with van der Waals surface area (Å²) < 4.78 is 10.2. The van der Waals surface area contributed by atoms with Gasteiger partial charge in [0.2, 0.25) is 6.29 Å². The lowest BCUT2D eigenvalue weighted by molar-refractivity contribution is -0.188. The Kier molecular flexibility index (Phi) is 11.5. The normalized spacial score (nSPS) is 10.4. The maximum atomic E-state index is 11.3. The number of thiol groups is 2. The van der Waals surface area contributed by atoms with Crippen LogP contribution in [0, 0.1) is 0 Å². The van der Waals surface area contributed by atoms with E-state index in [9.17, 15) is 9.59 Å². The van der Waals surface area contributed by atoms with Crippen LogP contribution in [0.5, 0.6) is 0 Å². The zero-order valence-corrected chi connectivity index (χ0v) is 12.6. The Morgan fingerprint density at radius 2 is 1.50 bits per heavy atom. The largest absolute Gasteiger partial charge is 0.425 e. The smallest absolute Gasteiger partial charge is 0.309 e. The molecule has 0 spiro atoms. The zero-order valence-electron chi connectivity index (χ0n) is 10.8. The van der Waals surface area contributed by atoms with E-state index in [1.165, 1.54) is 0 Å². The van der Waals surface area contributed by atoms with Crippen molar-refractivity contribution in [1.82, 2.24) is 0 Å². The molecule has 0 heterocycles. The molecule has 0 unspecified atom stereocenters. The van der Waals surface area contributed by atoms with Crippen LogP contribution in [0.3, 0.4) is 0 Å². The number of carbonyl (C=O) groups excluding carboxylic acids is 2. The van der Waals surface area contributed by atoms with E-state index in [1.54, 1.807) is 0 Å². The fourth-order valence-corrected chi connectivity index (χ4v) is 1.66. The topological polar surface area (TPSA) is 52.6 Å². The van der Waals surface area contributed by atoms with Gasteiger partial charge in [0.15, 0.2) is 0 Å². The molecule has 0 aromatic heterocycles. The first kappa shape index (κ1) is 17.6. The van der Waals surface area contributed by atoms with Crippen LogP contribution in [0.2, 0.25) is 0 Å². The summed E-state index contributed by atoms with van der Waals surface area (Å²) in [4.78, 5) is 22.7. The van der Waals surface area contributed by atoms with E-state index < -0.39 is 6.29 Å². The number of ether oxygens (including phenoxy) is 2. The number of esters is 2. The van der Waals surface area contributed by atoms with Gasteiger partial charge >= 0.3 is 11.9 Å². The second-order valence-electron chi connectivity index (χ2n) is 3.85. The Bertz CT molecular complexity index is 226. The van der Waals surface area contributed by atoms with Crippen LogP contribution in [0.1, 0.15) is 45.4 Å². The van der Waals surface area contributed by atoms with E-state index in [0.29, 0.717) is 17.9 Å². The van der Waals surface area contributed by atoms with Gasteiger partial charge in [0, 0.05) is 17.9 Å². The Labute approximate surface area is 120 Å². The van der Waals surface area contributed by atoms with Gasteiger partial charge < -0.3 is 9.47 Å². The minimum atomic E-state index is -0.767. The van der Waals surface area contributed by atoms with Gasteiger partial charge in [-0.2, -0.15) is 25.3 Å². The molecule has 0 aliphatic rings. The van der Waals surface area contributed by atoms with E-state index in [1.807, 2.05) is 0 Å². The highest BCUT2D eigenvalue weighted by Crippen LogP contribution is 2.11. The molecule has 0 aromatic carbocycles. The highest BCUT2D eigenvalue weighted by Gasteiger charge is 2.17. The molecule has 0 aliphatic heterocycles. The molecule has 0 saturated carbocycles. The van der Waals surface area contributed by atoms with Gasteiger partial charge in [-0.05, 0) is 6.42 Å². The van der Waals surface area contributed by atoms with Gasteiger partial charge in [0.05, 0.1) is 12.8 Å². The molecule has 0 aliphatic carbocycles. The maximum Gasteiger partial charge on any atom is 0.309 e. The Balaban J connectivity index is 4.14. The van der Waals surface area contributed by atoms with Gasteiger partial charge in [-0.1, -0.05) is 19.8 Å². The molecule has 0 N–H and O–H groups in total. The van der Waals surface area contributed by atoms with Crippen LogP contribution in [0.25, 0.3) is 0 Å². The monoisotopic (exact) mass is 294 g/mol. The summed E-state index contributed by atoms with van der Waals surface area (Å²) in [5.41, 5.74) is 0. The summed E-state index contributed by atoms with van der Waals surface area (Å²) in [5, 5.41) is 0. The quantitative estimate of drug-likeness (QED) is 0.281. The third kappa shape index (κ3) is 9.65. The molecular weight excluding hydrogens is 272 g/mol. The molecule has 0 bridgehead atoms. The first-order chi connectivity index (χ1) is 8.63. The van der Waals surface area contributed by atoms with E-state index in [0.717, 1.165) is 19.3 Å². The molecule has 4 nitrogen and oxygen atoms in total. The number of hydrogen-bond donors (Lipinski definition) is 2. The van der Waals surface area contributed by atoms with Crippen molar-refractivity contribution in [2.75, 3.05) is 11.5 Å². The zero-order chi connectivity index (χ0) is 13.8. The van der Waals surface area contributed by atoms with Crippen LogP contribution in [0.4, 0.5) is 0 Å². The molecule has 106 valence electrons. The fourth-order valence-electron chi connectivity index (χ4n) is 1.30. The third-order valence-corrected chi connectivity index (χ3v) is 2.65. The van der Waals surface area contributed by atoms with Crippen molar-refractivity contribution in [2.24, 2.45) is 0 Å². The molecule has 0 amide bonds. The van der Waals surface area contributed by atoms with Crippen LogP contribution >= 0.6 is 25.3 Å². The molecule has 0 atom stereocenters. The number of unbranched alkanes of at least 4 members (excludes halogenated alkanes) is 2. The first-order valence-corrected chi connectivity index (χ1v) is 7.51. The molecule has 0 saturated heterocycles. The molecular formula is C12H22O4S2. The predicted octanol–water partition coefficient (Wildman–Crippen LogP) is 2.62. The molecule has 18 heavy (non-hydrogen) atoms. The van der Waals surface area contributed by atoms with Crippen LogP contribution < -0.4 is 0 Å². The third-order valence-electron chi connectivity index (χ3n) is 2.20. The van der Waals surface area contributed by atoms with Crippen molar-refractivity contribution in [2.45, 2.75) is 51.7 Å². The summed E-state index contributed by atoms with van der Waals surface area (Å²) in [6.07, 6.45) is 3.16. The summed E-state index contributed by atoms with van der Waals surface area (Å²) in [5.74, 6) is 0.0753. The average molecular weight is 294 g/mol. The molecule has 0 radical (unpaired) electrons. The summed E-state index contributed by atoms with van der Waals surface area (Å²) in [6.45, 7) is 2.08. The van der Waals surface area contributed by atoms with Gasteiger partial charge in [-0.25, -0.2) is 0 Å². The van der Waals surface area contributed by atoms with E-state index >= 15 is 0 Å². The SMILES string of the molecule is CCCCCC(OC(=O)CCS)OC(=O)CCS. The second kappa shape index (κ2) is 11.7. The van der Waals surface area contributed by atoms with E-state index in [-0.39, 0.29) is 24.8 Å². The van der Waals surface area contributed by atoms with Gasteiger partial charge in [-0.3, -0.25) is 9.59 Å². The van der Waals surface area contributed by atoms with Gasteiger partial charge in [-0.15, -0.1) is 0 Å². The standard InChI is InChI=1S/C12H22O4S2/c1-2-3-4-5-12(15-10(13)6-8-17)16-11(14)7-9-18/h12,17-18H,2-9H2,1H3. The van der Waals surface area contributed by atoms with E-state index in [2.05, 4.69) is 32.2 Å². The number of carbonyl (C=O) groups is 2. The highest BCUT2D eigenvalue weighted by atomic mass is 32.1. The fraction of sp³-hybridized carbons (Fsp3) is 0.833. The van der Waals surface area contributed by atoms with Gasteiger partial charge in [0.1, 0.15) is 0 Å². The Hall–Kier alpha value is -0.360. The molecule has 6 heteroatoms. The molecule has 0 aromatic rings. The van der Waals surface area contributed by atoms with Crippen molar-refractivity contribution in [3.8, 4) is 0 Å². The van der Waals surface area contributed by atoms with Crippen molar-refractivity contribution >= 4 is 37.2 Å². The highest BCUT2D eigenvalue weighted by molar-refractivity contribution is 7.80. The summed E-state index contributed by atoms with van der Waals surface area (Å²) >= 11 is 7.91. The molecule has 0 rings (SSSR count). The minimum absolute atomic E-state index is 0.220. The Morgan fingerprint density at radius 1 is 1.00 bits per heavy atom. The lowest BCUT2D eigenvalue weighted by Gasteiger charge is -2.18. The van der Waals surface area contributed by atoms with Crippen molar-refractivity contribution in [1.29, 1.82) is 0 Å². The number of hydrogen-bond acceptors (Lipinski definition) is 6. The van der Waals surface area contributed by atoms with Crippen LogP contribution in [-0.4, -0.2) is 29.7 Å².